The SMILES string of the molecule is Cc1sc2nc(SC(C)C(=O)N(C)C)n(-c3ccccc3)c(=O)c2c1-c1ccc(F)cc1. The summed E-state index contributed by atoms with van der Waals surface area (Å²) in [5, 5.41) is 0.546. The van der Waals surface area contributed by atoms with Crippen molar-refractivity contribution in [2.75, 3.05) is 14.1 Å². The normalized spacial score (nSPS) is 12.2. The van der Waals surface area contributed by atoms with Crippen molar-refractivity contribution in [2.45, 2.75) is 24.3 Å². The van der Waals surface area contributed by atoms with E-state index < -0.39 is 5.25 Å². The molecule has 0 aliphatic carbocycles. The Morgan fingerprint density at radius 1 is 1.12 bits per heavy atom. The number of thioether (sulfide) groups is 1. The van der Waals surface area contributed by atoms with Crippen molar-refractivity contribution in [1.82, 2.24) is 14.5 Å². The molecule has 1 atom stereocenters. The van der Waals surface area contributed by atoms with Crippen LogP contribution in [0.15, 0.2) is 64.5 Å². The maximum Gasteiger partial charge on any atom is 0.268 e. The Morgan fingerprint density at radius 3 is 2.41 bits per heavy atom. The van der Waals surface area contributed by atoms with Crippen molar-refractivity contribution in [3.8, 4) is 16.8 Å². The minimum atomic E-state index is -0.415. The molecule has 0 aliphatic rings. The first-order chi connectivity index (χ1) is 15.3. The smallest absolute Gasteiger partial charge is 0.268 e. The minimum Gasteiger partial charge on any atom is -0.348 e. The van der Waals surface area contributed by atoms with Gasteiger partial charge in [0.25, 0.3) is 5.56 Å². The average molecular weight is 468 g/mol. The van der Waals surface area contributed by atoms with Gasteiger partial charge in [-0.2, -0.15) is 0 Å². The topological polar surface area (TPSA) is 55.2 Å². The number of aromatic nitrogens is 2. The quantitative estimate of drug-likeness (QED) is 0.302. The van der Waals surface area contributed by atoms with Gasteiger partial charge in [0.2, 0.25) is 5.91 Å². The number of rotatable bonds is 5. The Labute approximate surface area is 193 Å². The maximum absolute atomic E-state index is 13.9. The molecule has 0 radical (unpaired) electrons. The molecule has 0 aliphatic heterocycles. The van der Waals surface area contributed by atoms with Crippen LogP contribution in [-0.4, -0.2) is 39.7 Å². The van der Waals surface area contributed by atoms with Crippen molar-refractivity contribution < 1.29 is 9.18 Å². The van der Waals surface area contributed by atoms with Crippen LogP contribution < -0.4 is 5.56 Å². The summed E-state index contributed by atoms with van der Waals surface area (Å²) in [4.78, 5) is 34.2. The first-order valence-electron chi connectivity index (χ1n) is 10.0. The van der Waals surface area contributed by atoms with Crippen molar-refractivity contribution in [2.24, 2.45) is 0 Å². The van der Waals surface area contributed by atoms with Crippen molar-refractivity contribution in [3.05, 3.63) is 75.6 Å². The number of amides is 1. The number of thiophene rings is 1. The zero-order valence-electron chi connectivity index (χ0n) is 18.1. The fourth-order valence-electron chi connectivity index (χ4n) is 3.56. The third kappa shape index (κ3) is 4.08. The van der Waals surface area contributed by atoms with Gasteiger partial charge in [-0.25, -0.2) is 9.37 Å². The molecule has 0 saturated carbocycles. The van der Waals surface area contributed by atoms with Gasteiger partial charge in [-0.1, -0.05) is 42.1 Å². The predicted octanol–water partition coefficient (Wildman–Crippen LogP) is 5.13. The summed E-state index contributed by atoms with van der Waals surface area (Å²) >= 11 is 2.69. The van der Waals surface area contributed by atoms with E-state index in [1.54, 1.807) is 30.8 Å². The molecule has 1 amide bonds. The number of carbonyl (C=O) groups excluding carboxylic acids is 1. The highest BCUT2D eigenvalue weighted by molar-refractivity contribution is 8.00. The van der Waals surface area contributed by atoms with E-state index in [4.69, 9.17) is 4.98 Å². The average Bonchev–Trinajstić information content (AvgIpc) is 3.10. The highest BCUT2D eigenvalue weighted by Crippen LogP contribution is 2.37. The van der Waals surface area contributed by atoms with E-state index in [-0.39, 0.29) is 17.3 Å². The summed E-state index contributed by atoms with van der Waals surface area (Å²) in [5.74, 6) is -0.387. The molecule has 5 nitrogen and oxygen atoms in total. The summed E-state index contributed by atoms with van der Waals surface area (Å²) in [5.41, 5.74) is 2.00. The second-order valence-electron chi connectivity index (χ2n) is 7.58. The number of hydrogen-bond donors (Lipinski definition) is 0. The van der Waals surface area contributed by atoms with E-state index in [1.807, 2.05) is 44.2 Å². The first kappa shape index (κ1) is 22.2. The summed E-state index contributed by atoms with van der Waals surface area (Å²) in [6.45, 7) is 3.74. The van der Waals surface area contributed by atoms with Crippen molar-refractivity contribution in [1.29, 1.82) is 0 Å². The highest BCUT2D eigenvalue weighted by Gasteiger charge is 2.24. The lowest BCUT2D eigenvalue weighted by molar-refractivity contribution is -0.127. The van der Waals surface area contributed by atoms with Crippen LogP contribution in [0.4, 0.5) is 4.39 Å². The fourth-order valence-corrected chi connectivity index (χ4v) is 5.72. The summed E-state index contributed by atoms with van der Waals surface area (Å²) in [6, 6.07) is 15.4. The third-order valence-corrected chi connectivity index (χ3v) is 7.13. The van der Waals surface area contributed by atoms with E-state index in [2.05, 4.69) is 0 Å². The number of nitrogens with zero attached hydrogens (tertiary/aromatic N) is 3. The van der Waals surface area contributed by atoms with E-state index in [0.717, 1.165) is 16.0 Å². The predicted molar refractivity (Wildman–Crippen MR) is 129 cm³/mol. The van der Waals surface area contributed by atoms with Gasteiger partial charge in [0.05, 0.1) is 16.3 Å². The Hall–Kier alpha value is -2.97. The van der Waals surface area contributed by atoms with Gasteiger partial charge >= 0.3 is 0 Å². The van der Waals surface area contributed by atoms with Crippen LogP contribution in [0.2, 0.25) is 0 Å². The van der Waals surface area contributed by atoms with Crippen LogP contribution in [0, 0.1) is 12.7 Å². The molecule has 4 rings (SSSR count). The van der Waals surface area contributed by atoms with Crippen LogP contribution in [0.5, 0.6) is 0 Å². The lowest BCUT2D eigenvalue weighted by Gasteiger charge is -2.18. The lowest BCUT2D eigenvalue weighted by atomic mass is 10.0. The van der Waals surface area contributed by atoms with E-state index in [0.29, 0.717) is 21.1 Å². The van der Waals surface area contributed by atoms with Gasteiger partial charge in [-0.15, -0.1) is 11.3 Å². The van der Waals surface area contributed by atoms with Crippen LogP contribution in [-0.2, 0) is 4.79 Å². The largest absolute Gasteiger partial charge is 0.348 e. The minimum absolute atomic E-state index is 0.0571. The molecule has 2 heterocycles. The Bertz CT molecular complexity index is 1350. The molecule has 0 N–H and O–H groups in total. The monoisotopic (exact) mass is 467 g/mol. The van der Waals surface area contributed by atoms with Crippen LogP contribution in [0.25, 0.3) is 27.0 Å². The summed E-state index contributed by atoms with van der Waals surface area (Å²) in [6.07, 6.45) is 0. The number of hydrogen-bond acceptors (Lipinski definition) is 5. The van der Waals surface area contributed by atoms with E-state index >= 15 is 0 Å². The molecule has 0 bridgehead atoms. The number of fused-ring (bicyclic) bond motifs is 1. The zero-order chi connectivity index (χ0) is 23.0. The van der Waals surface area contributed by atoms with Crippen LogP contribution in [0.1, 0.15) is 11.8 Å². The molecule has 8 heteroatoms. The Morgan fingerprint density at radius 2 is 1.78 bits per heavy atom. The molecule has 4 aromatic rings. The van der Waals surface area contributed by atoms with Gasteiger partial charge < -0.3 is 4.90 Å². The van der Waals surface area contributed by atoms with Crippen LogP contribution >= 0.6 is 23.1 Å². The number of para-hydroxylation sites is 1. The second kappa shape index (κ2) is 8.88. The molecular formula is C24H22FN3O2S2. The molecule has 1 unspecified atom stereocenters. The maximum atomic E-state index is 13.9. The molecule has 2 aromatic heterocycles. The molecule has 0 spiro atoms. The molecule has 2 aromatic carbocycles. The molecule has 0 saturated heterocycles. The van der Waals surface area contributed by atoms with Gasteiger partial charge in [0, 0.05) is 24.5 Å². The standard InChI is InChI=1S/C24H22FN3O2S2/c1-14-19(16-10-12-17(25)13-11-16)20-21(31-14)26-24(32-15(2)22(29)27(3)4)28(23(20)30)18-8-6-5-7-9-18/h5-13,15H,1-4H3. The lowest BCUT2D eigenvalue weighted by Crippen LogP contribution is -2.30. The van der Waals surface area contributed by atoms with Gasteiger partial charge in [-0.05, 0) is 43.7 Å². The van der Waals surface area contributed by atoms with Crippen molar-refractivity contribution in [3.63, 3.8) is 0 Å². The summed E-state index contributed by atoms with van der Waals surface area (Å²) < 4.78 is 15.1. The van der Waals surface area contributed by atoms with Crippen LogP contribution in [0.3, 0.4) is 0 Å². The number of aryl methyl sites for hydroxylation is 1. The highest BCUT2D eigenvalue weighted by atomic mass is 32.2. The molecular weight excluding hydrogens is 445 g/mol. The fraction of sp³-hybridized carbons (Fsp3) is 0.208. The number of benzene rings is 2. The molecule has 32 heavy (non-hydrogen) atoms. The zero-order valence-corrected chi connectivity index (χ0v) is 19.8. The third-order valence-electron chi connectivity index (χ3n) is 5.09. The van der Waals surface area contributed by atoms with Gasteiger partial charge in [0.1, 0.15) is 10.6 Å². The number of carbonyl (C=O) groups is 1. The Balaban J connectivity index is 1.98. The van der Waals surface area contributed by atoms with E-state index in [9.17, 15) is 14.0 Å². The van der Waals surface area contributed by atoms with Gasteiger partial charge in [-0.3, -0.25) is 14.2 Å². The number of halogens is 1. The Kier molecular flexibility index (Phi) is 6.17. The van der Waals surface area contributed by atoms with Gasteiger partial charge in [0.15, 0.2) is 5.16 Å². The molecule has 0 fully saturated rings. The molecule has 164 valence electrons. The first-order valence-corrected chi connectivity index (χ1v) is 11.7. The second-order valence-corrected chi connectivity index (χ2v) is 10.1. The van der Waals surface area contributed by atoms with Crippen molar-refractivity contribution >= 4 is 39.2 Å². The van der Waals surface area contributed by atoms with E-state index in [1.165, 1.54) is 40.1 Å². The summed E-state index contributed by atoms with van der Waals surface area (Å²) in [7, 11) is 3.41.